The Bertz CT molecular complexity index is 989. The molecule has 8 heteroatoms. The molecule has 150 valence electrons. The van der Waals surface area contributed by atoms with E-state index in [0.29, 0.717) is 22.5 Å². The Morgan fingerprint density at radius 3 is 2.59 bits per heavy atom. The summed E-state index contributed by atoms with van der Waals surface area (Å²) in [5.41, 5.74) is 1.95. The first kappa shape index (κ1) is 21.6. The highest BCUT2D eigenvalue weighted by molar-refractivity contribution is 9.10. The molecule has 3 aromatic rings. The van der Waals surface area contributed by atoms with Crippen LogP contribution in [0.2, 0.25) is 5.02 Å². The highest BCUT2D eigenvalue weighted by atomic mass is 79.9. The molecule has 1 N–H and O–H groups in total. The molecule has 3 rings (SSSR count). The first-order valence-corrected chi connectivity index (χ1v) is 11.1. The quantitative estimate of drug-likeness (QED) is 0.333. The van der Waals surface area contributed by atoms with Gasteiger partial charge in [0, 0.05) is 21.6 Å². The number of allylic oxidation sites excluding steroid dienone is 1. The summed E-state index contributed by atoms with van der Waals surface area (Å²) in [6.45, 7) is 6.32. The van der Waals surface area contributed by atoms with Crippen LogP contribution in [0, 0.1) is 0 Å². The van der Waals surface area contributed by atoms with Gasteiger partial charge in [0.15, 0.2) is 11.0 Å². The Kier molecular flexibility index (Phi) is 7.52. The minimum absolute atomic E-state index is 0.0633. The zero-order chi connectivity index (χ0) is 20.8. The molecule has 0 aliphatic carbocycles. The van der Waals surface area contributed by atoms with E-state index in [9.17, 15) is 4.79 Å². The van der Waals surface area contributed by atoms with Gasteiger partial charge in [-0.15, -0.1) is 16.8 Å². The number of halogens is 2. The number of amides is 1. The van der Waals surface area contributed by atoms with Gasteiger partial charge < -0.3 is 5.32 Å². The molecule has 0 saturated carbocycles. The van der Waals surface area contributed by atoms with Crippen molar-refractivity contribution in [2.45, 2.75) is 24.7 Å². The van der Waals surface area contributed by atoms with Crippen molar-refractivity contribution >= 4 is 45.2 Å². The number of aromatic nitrogens is 3. The Balaban J connectivity index is 1.66. The van der Waals surface area contributed by atoms with Gasteiger partial charge in [0.2, 0.25) is 5.91 Å². The molecule has 0 saturated heterocycles. The van der Waals surface area contributed by atoms with Gasteiger partial charge in [-0.1, -0.05) is 57.5 Å². The second-order valence-corrected chi connectivity index (χ2v) is 8.64. The van der Waals surface area contributed by atoms with Crippen LogP contribution in [0.3, 0.4) is 0 Å². The lowest BCUT2D eigenvalue weighted by Gasteiger charge is -2.14. The number of benzene rings is 2. The number of hydrogen-bond donors (Lipinski definition) is 1. The molecule has 1 amide bonds. The minimum Gasteiger partial charge on any atom is -0.349 e. The van der Waals surface area contributed by atoms with Gasteiger partial charge in [-0.2, -0.15) is 0 Å². The maximum atomic E-state index is 12.4. The van der Waals surface area contributed by atoms with Crippen LogP contribution >= 0.6 is 39.3 Å². The van der Waals surface area contributed by atoms with Crippen LogP contribution in [-0.2, 0) is 11.3 Å². The fourth-order valence-corrected chi connectivity index (χ4v) is 3.90. The van der Waals surface area contributed by atoms with Crippen LogP contribution in [0.25, 0.3) is 11.4 Å². The van der Waals surface area contributed by atoms with Gasteiger partial charge >= 0.3 is 0 Å². The lowest BCUT2D eigenvalue weighted by atomic mass is 10.1. The summed E-state index contributed by atoms with van der Waals surface area (Å²) in [5.74, 6) is 0.899. The van der Waals surface area contributed by atoms with Gasteiger partial charge in [0.1, 0.15) is 0 Å². The van der Waals surface area contributed by atoms with Crippen molar-refractivity contribution in [1.82, 2.24) is 20.1 Å². The first-order chi connectivity index (χ1) is 14.0. The Labute approximate surface area is 187 Å². The predicted molar refractivity (Wildman–Crippen MR) is 122 cm³/mol. The van der Waals surface area contributed by atoms with Crippen molar-refractivity contribution in [1.29, 1.82) is 0 Å². The van der Waals surface area contributed by atoms with Gasteiger partial charge in [-0.25, -0.2) is 0 Å². The third-order valence-corrected chi connectivity index (χ3v) is 5.96. The molecular weight excluding hydrogens is 472 g/mol. The average molecular weight is 492 g/mol. The Hall–Kier alpha value is -2.09. The van der Waals surface area contributed by atoms with E-state index in [1.54, 1.807) is 6.08 Å². The molecule has 0 bridgehead atoms. The summed E-state index contributed by atoms with van der Waals surface area (Å²) in [6.07, 6.45) is 1.78. The predicted octanol–water partition coefficient (Wildman–Crippen LogP) is 5.52. The normalized spacial score (nSPS) is 11.8. The van der Waals surface area contributed by atoms with Gasteiger partial charge in [-0.3, -0.25) is 9.36 Å². The third-order valence-electron chi connectivity index (χ3n) is 4.21. The number of carbonyl (C=O) groups is 1. The second-order valence-electron chi connectivity index (χ2n) is 6.34. The SMILES string of the molecule is C=CCn1c(SCC(=O)NC(C)c2ccc(Br)cc2)nnc1-c1ccc(Cl)cc1. The standard InChI is InChI=1S/C21H20BrClN4OS/c1-3-12-27-20(16-6-10-18(23)11-7-16)25-26-21(27)29-13-19(28)24-14(2)15-4-8-17(22)9-5-15/h3-11,14H,1,12-13H2,2H3,(H,24,28). The Morgan fingerprint density at radius 1 is 1.24 bits per heavy atom. The van der Waals surface area contributed by atoms with Gasteiger partial charge in [0.25, 0.3) is 0 Å². The summed E-state index contributed by atoms with van der Waals surface area (Å²) in [4.78, 5) is 12.4. The molecular formula is C21H20BrClN4OS. The summed E-state index contributed by atoms with van der Waals surface area (Å²) in [6, 6.07) is 15.2. The van der Waals surface area contributed by atoms with Crippen molar-refractivity contribution in [2.24, 2.45) is 0 Å². The number of carbonyl (C=O) groups excluding carboxylic acids is 1. The molecule has 1 heterocycles. The number of nitrogens with zero attached hydrogens (tertiary/aromatic N) is 3. The van der Waals surface area contributed by atoms with E-state index in [-0.39, 0.29) is 17.7 Å². The van der Waals surface area contributed by atoms with Crippen LogP contribution in [-0.4, -0.2) is 26.4 Å². The first-order valence-electron chi connectivity index (χ1n) is 8.95. The fourth-order valence-electron chi connectivity index (χ4n) is 2.75. The number of thioether (sulfide) groups is 1. The largest absolute Gasteiger partial charge is 0.349 e. The highest BCUT2D eigenvalue weighted by Crippen LogP contribution is 2.25. The minimum atomic E-state index is -0.0770. The van der Waals surface area contributed by atoms with Gasteiger partial charge in [-0.05, 0) is 48.9 Å². The average Bonchev–Trinajstić information content (AvgIpc) is 3.10. The maximum absolute atomic E-state index is 12.4. The van der Waals surface area contributed by atoms with E-state index < -0.39 is 0 Å². The fraction of sp³-hybridized carbons (Fsp3) is 0.190. The van der Waals surface area contributed by atoms with Crippen molar-refractivity contribution in [3.05, 3.63) is 76.2 Å². The van der Waals surface area contributed by atoms with Crippen LogP contribution in [0.15, 0.2) is 70.8 Å². The van der Waals surface area contributed by atoms with E-state index in [2.05, 4.69) is 38.0 Å². The molecule has 2 aromatic carbocycles. The maximum Gasteiger partial charge on any atom is 0.230 e. The Morgan fingerprint density at radius 2 is 1.93 bits per heavy atom. The molecule has 0 fully saturated rings. The van der Waals surface area contributed by atoms with E-state index in [0.717, 1.165) is 15.6 Å². The van der Waals surface area contributed by atoms with Crippen LogP contribution in [0.4, 0.5) is 0 Å². The monoisotopic (exact) mass is 490 g/mol. The summed E-state index contributed by atoms with van der Waals surface area (Å²) in [5, 5.41) is 12.9. The van der Waals surface area contributed by atoms with Crippen molar-refractivity contribution in [3.8, 4) is 11.4 Å². The molecule has 0 radical (unpaired) electrons. The molecule has 29 heavy (non-hydrogen) atoms. The lowest BCUT2D eigenvalue weighted by molar-refractivity contribution is -0.119. The molecule has 0 spiro atoms. The number of nitrogens with one attached hydrogen (secondary N) is 1. The lowest BCUT2D eigenvalue weighted by Crippen LogP contribution is -2.28. The molecule has 5 nitrogen and oxygen atoms in total. The molecule has 0 aliphatic rings. The second kappa shape index (κ2) is 10.1. The number of hydrogen-bond acceptors (Lipinski definition) is 4. The van der Waals surface area contributed by atoms with E-state index in [4.69, 9.17) is 11.6 Å². The van der Waals surface area contributed by atoms with E-state index >= 15 is 0 Å². The third kappa shape index (κ3) is 5.72. The van der Waals surface area contributed by atoms with Gasteiger partial charge in [0.05, 0.1) is 11.8 Å². The zero-order valence-corrected chi connectivity index (χ0v) is 19.0. The van der Waals surface area contributed by atoms with Crippen LogP contribution in [0.5, 0.6) is 0 Å². The summed E-state index contributed by atoms with van der Waals surface area (Å²) in [7, 11) is 0. The van der Waals surface area contributed by atoms with Crippen molar-refractivity contribution in [3.63, 3.8) is 0 Å². The molecule has 1 unspecified atom stereocenters. The van der Waals surface area contributed by atoms with Crippen molar-refractivity contribution in [2.75, 3.05) is 5.75 Å². The van der Waals surface area contributed by atoms with Crippen LogP contribution in [0.1, 0.15) is 18.5 Å². The van der Waals surface area contributed by atoms with Crippen LogP contribution < -0.4 is 5.32 Å². The summed E-state index contributed by atoms with van der Waals surface area (Å²) >= 11 is 10.7. The van der Waals surface area contributed by atoms with Crippen molar-refractivity contribution < 1.29 is 4.79 Å². The highest BCUT2D eigenvalue weighted by Gasteiger charge is 2.16. The van der Waals surface area contributed by atoms with E-state index in [1.165, 1.54) is 11.8 Å². The summed E-state index contributed by atoms with van der Waals surface area (Å²) < 4.78 is 2.94. The zero-order valence-electron chi connectivity index (χ0n) is 15.8. The topological polar surface area (TPSA) is 59.8 Å². The number of rotatable bonds is 8. The molecule has 0 aliphatic heterocycles. The molecule has 1 aromatic heterocycles. The smallest absolute Gasteiger partial charge is 0.230 e. The van der Waals surface area contributed by atoms with E-state index in [1.807, 2.05) is 60.0 Å². The molecule has 1 atom stereocenters.